The van der Waals surface area contributed by atoms with Crippen LogP contribution < -0.4 is 20.4 Å². The van der Waals surface area contributed by atoms with Gasteiger partial charge in [-0.05, 0) is 12.3 Å². The fourth-order valence-electron chi connectivity index (χ4n) is 0. The van der Waals surface area contributed by atoms with Crippen LogP contribution in [0, 0.1) is 0 Å². The van der Waals surface area contributed by atoms with Crippen LogP contribution in [0.1, 0.15) is 0 Å². The number of carbonyl (C=O) groups excluding carboxylic acids is 2. The zero-order valence-electron chi connectivity index (χ0n) is 7.10. The van der Waals surface area contributed by atoms with Crippen molar-refractivity contribution in [2.24, 2.45) is 0 Å². The van der Waals surface area contributed by atoms with Gasteiger partial charge in [-0.2, -0.15) is 0 Å². The van der Waals surface area contributed by atoms with Gasteiger partial charge in [-0.1, -0.05) is 0 Å². The molecule has 0 aliphatic heterocycles. The van der Waals surface area contributed by atoms with Gasteiger partial charge in [0, 0.05) is 0 Å². The summed E-state index contributed by atoms with van der Waals surface area (Å²) in [5.41, 5.74) is 0. The Morgan fingerprint density at radius 1 is 0.733 bits per heavy atom. The molecule has 0 aromatic rings. The molecule has 0 bridgehead atoms. The van der Waals surface area contributed by atoms with E-state index in [-0.39, 0.29) is 37.7 Å². The van der Waals surface area contributed by atoms with Crippen LogP contribution in [0.4, 0.5) is 9.59 Å². The maximum atomic E-state index is 8.33. The van der Waals surface area contributed by atoms with Gasteiger partial charge in [-0.25, -0.2) is 0 Å². The summed E-state index contributed by atoms with van der Waals surface area (Å²) in [6.45, 7) is 0. The van der Waals surface area contributed by atoms with E-state index in [4.69, 9.17) is 46.6 Å². The Labute approximate surface area is 127 Å². The van der Waals surface area contributed by atoms with Gasteiger partial charge >= 0.3 is 86.1 Å². The molecule has 0 saturated heterocycles. The van der Waals surface area contributed by atoms with Crippen molar-refractivity contribution in [3.63, 3.8) is 0 Å². The van der Waals surface area contributed by atoms with Gasteiger partial charge in [0.15, 0.2) is 0 Å². The summed E-state index contributed by atoms with van der Waals surface area (Å²) in [4.78, 5) is 16.7. The summed E-state index contributed by atoms with van der Waals surface area (Å²) in [7, 11) is 0. The Kier molecular flexibility index (Phi) is 72.0. The SMILES string of the molecule is O=C([O-])[O-].O=C([O-])[O-].[Ca+2].[OH][Al+][OH].[OH][Al+][OH]. The van der Waals surface area contributed by atoms with E-state index in [0.29, 0.717) is 0 Å². The second kappa shape index (κ2) is 36.4. The van der Waals surface area contributed by atoms with Crippen LogP contribution in [0.25, 0.3) is 0 Å². The second-order valence-electron chi connectivity index (χ2n) is 0.731. The summed E-state index contributed by atoms with van der Waals surface area (Å²) in [6, 6.07) is 0. The Morgan fingerprint density at radius 2 is 0.733 bits per heavy atom. The van der Waals surface area contributed by atoms with Crippen molar-refractivity contribution in [2.75, 3.05) is 0 Å². The second-order valence-corrected chi connectivity index (χ2v) is 1.19. The Balaban J connectivity index is -0.0000000293. The quantitative estimate of drug-likeness (QED) is 0.308. The molecule has 13 heteroatoms. The first-order valence-electron chi connectivity index (χ1n) is 2.26. The third-order valence-electron chi connectivity index (χ3n) is 0. The van der Waals surface area contributed by atoms with E-state index >= 15 is 0 Å². The van der Waals surface area contributed by atoms with Crippen LogP contribution in [0.2, 0.25) is 0 Å². The molecule has 10 nitrogen and oxygen atoms in total. The van der Waals surface area contributed by atoms with E-state index in [1.54, 1.807) is 0 Å². The van der Waals surface area contributed by atoms with Gasteiger partial charge in [0.25, 0.3) is 0 Å². The molecular formula is C2H4Al2CaO10. The average molecular weight is 282 g/mol. The molecule has 0 aliphatic rings. The molecule has 0 rings (SSSR count). The van der Waals surface area contributed by atoms with Crippen LogP contribution in [0.15, 0.2) is 0 Å². The molecule has 0 atom stereocenters. The first-order valence-corrected chi connectivity index (χ1v) is 4.32. The number of hydrogen-bond acceptors (Lipinski definition) is 10. The monoisotopic (exact) mass is 282 g/mol. The maximum absolute atomic E-state index is 8.33. The number of rotatable bonds is 0. The summed E-state index contributed by atoms with van der Waals surface area (Å²) in [5, 5.41) is 33.3. The van der Waals surface area contributed by atoms with Gasteiger partial charge in [-0.3, -0.25) is 0 Å². The molecule has 0 aliphatic carbocycles. The van der Waals surface area contributed by atoms with E-state index in [1.807, 2.05) is 0 Å². The van der Waals surface area contributed by atoms with Crippen molar-refractivity contribution in [1.29, 1.82) is 0 Å². The molecule has 0 amide bonds. The number of carboxylic acid groups (broad SMARTS) is 4. The number of hydrogen-bond donors (Lipinski definition) is 4. The van der Waals surface area contributed by atoms with E-state index in [1.165, 1.54) is 0 Å². The molecule has 0 unspecified atom stereocenters. The molecule has 0 radical (unpaired) electrons. The van der Waals surface area contributed by atoms with Gasteiger partial charge < -0.3 is 30.0 Å². The molecule has 4 N–H and O–H groups in total. The third kappa shape index (κ3) is 4780. The van der Waals surface area contributed by atoms with E-state index in [0.717, 1.165) is 0 Å². The molecule has 0 heterocycles. The van der Waals surface area contributed by atoms with Crippen molar-refractivity contribution in [3.8, 4) is 0 Å². The van der Waals surface area contributed by atoms with Gasteiger partial charge in [0.2, 0.25) is 0 Å². The Bertz CT molecular complexity index is 98.0. The standard InChI is InChI=1S/2CH2O3.2Al.Ca.4H2O/c2*2-1(3)4;;;;;;;/h2*(H2,2,3,4);;;;4*1H2/q;;2*+3;+2;;;;/p-8. The summed E-state index contributed by atoms with van der Waals surface area (Å²) >= 11 is -2.50. The van der Waals surface area contributed by atoms with Gasteiger partial charge in [0.05, 0.1) is 0 Å². The molecule has 0 saturated carbocycles. The van der Waals surface area contributed by atoms with Crippen LogP contribution in [0.3, 0.4) is 0 Å². The predicted octanol–water partition coefficient (Wildman–Crippen LogP) is -8.26. The Hall–Kier alpha value is 0.705. The first kappa shape index (κ1) is 29.6. The van der Waals surface area contributed by atoms with E-state index in [2.05, 4.69) is 0 Å². The summed E-state index contributed by atoms with van der Waals surface area (Å²) in [6.07, 6.45) is -4.67. The fraction of sp³-hybridized carbons (Fsp3) is 0. The molecule has 0 fully saturated rings. The van der Waals surface area contributed by atoms with Crippen LogP contribution in [0.5, 0.6) is 0 Å². The predicted molar refractivity (Wildman–Crippen MR) is 36.9 cm³/mol. The molecular weight excluding hydrogens is 278 g/mol. The fourth-order valence-corrected chi connectivity index (χ4v) is 0. The Morgan fingerprint density at radius 3 is 0.733 bits per heavy atom. The van der Waals surface area contributed by atoms with Crippen molar-refractivity contribution in [2.45, 2.75) is 0 Å². The first-order chi connectivity index (χ1) is 6.29. The van der Waals surface area contributed by atoms with E-state index < -0.39 is 44.1 Å². The van der Waals surface area contributed by atoms with Crippen LogP contribution in [-0.4, -0.2) is 98.5 Å². The van der Waals surface area contributed by atoms with Gasteiger partial charge in [0.1, 0.15) is 0 Å². The molecule has 80 valence electrons. The third-order valence-corrected chi connectivity index (χ3v) is 0. The normalized spacial score (nSPS) is 4.53. The van der Waals surface area contributed by atoms with Crippen molar-refractivity contribution < 1.29 is 46.6 Å². The zero-order valence-corrected chi connectivity index (χ0v) is 11.6. The molecule has 0 spiro atoms. The molecule has 0 aromatic heterocycles. The zero-order chi connectivity index (χ0) is 12.6. The molecule has 15 heavy (non-hydrogen) atoms. The van der Waals surface area contributed by atoms with Gasteiger partial charge in [-0.15, -0.1) is 0 Å². The van der Waals surface area contributed by atoms with Crippen molar-refractivity contribution >= 4 is 81.8 Å². The topological polar surface area (TPSA) is 207 Å². The molecule has 0 aromatic carbocycles. The minimum absolute atomic E-state index is 0. The number of carbonyl (C=O) groups is 2. The minimum atomic E-state index is -2.33. The summed E-state index contributed by atoms with van der Waals surface area (Å²) in [5.74, 6) is 0. The van der Waals surface area contributed by atoms with Crippen LogP contribution in [-0.2, 0) is 0 Å². The van der Waals surface area contributed by atoms with E-state index in [9.17, 15) is 0 Å². The average Bonchev–Trinajstić information content (AvgIpc) is 1.85. The van der Waals surface area contributed by atoms with Crippen molar-refractivity contribution in [1.82, 2.24) is 0 Å². The summed E-state index contributed by atoms with van der Waals surface area (Å²) < 4.78 is 28.8. The van der Waals surface area contributed by atoms with Crippen LogP contribution >= 0.6 is 0 Å². The van der Waals surface area contributed by atoms with Crippen molar-refractivity contribution in [3.05, 3.63) is 0 Å².